The molecule has 0 saturated heterocycles. The first-order valence-electron chi connectivity index (χ1n) is 9.45. The zero-order valence-electron chi connectivity index (χ0n) is 15.1. The predicted octanol–water partition coefficient (Wildman–Crippen LogP) is 7.05. The molecule has 0 nitrogen and oxygen atoms in total. The molecule has 0 aromatic heterocycles. The standard InChI is InChI=1S/C22H34/c1-21(2)13-9-19(10-14-21)17-5-7-18(8-6-17)20-11-15-22(3,4)16-12-20/h5-8,19-20H,9-16H2,1-4H3. The molecule has 0 heterocycles. The van der Waals surface area contributed by atoms with Gasteiger partial charge in [0, 0.05) is 0 Å². The minimum Gasteiger partial charge on any atom is -0.0599 e. The minimum absolute atomic E-state index is 0.575. The van der Waals surface area contributed by atoms with Crippen LogP contribution in [-0.4, -0.2) is 0 Å². The van der Waals surface area contributed by atoms with Gasteiger partial charge < -0.3 is 0 Å². The smallest absolute Gasteiger partial charge is 0.0162 e. The maximum atomic E-state index is 2.44. The van der Waals surface area contributed by atoms with E-state index in [1.807, 2.05) is 0 Å². The molecule has 2 fully saturated rings. The van der Waals surface area contributed by atoms with Crippen LogP contribution in [0.3, 0.4) is 0 Å². The fourth-order valence-electron chi connectivity index (χ4n) is 4.51. The van der Waals surface area contributed by atoms with Crippen LogP contribution in [0.4, 0.5) is 0 Å². The fourth-order valence-corrected chi connectivity index (χ4v) is 4.51. The molecular formula is C22H34. The average Bonchev–Trinajstić information content (AvgIpc) is 2.48. The van der Waals surface area contributed by atoms with Crippen LogP contribution in [0.5, 0.6) is 0 Å². The normalized spacial score (nSPS) is 26.0. The molecule has 0 bridgehead atoms. The van der Waals surface area contributed by atoms with Crippen LogP contribution in [0.25, 0.3) is 0 Å². The van der Waals surface area contributed by atoms with Crippen LogP contribution in [-0.2, 0) is 0 Å². The lowest BCUT2D eigenvalue weighted by molar-refractivity contribution is 0.223. The summed E-state index contributed by atoms with van der Waals surface area (Å²) in [6.45, 7) is 9.71. The summed E-state index contributed by atoms with van der Waals surface area (Å²) in [5, 5.41) is 0. The summed E-state index contributed by atoms with van der Waals surface area (Å²) in [5.41, 5.74) is 4.34. The fraction of sp³-hybridized carbons (Fsp3) is 0.727. The molecule has 0 aliphatic heterocycles. The van der Waals surface area contributed by atoms with Crippen molar-refractivity contribution in [2.75, 3.05) is 0 Å². The Kier molecular flexibility index (Phi) is 4.40. The zero-order chi connectivity index (χ0) is 15.8. The largest absolute Gasteiger partial charge is 0.0599 e. The predicted molar refractivity (Wildman–Crippen MR) is 96.4 cm³/mol. The van der Waals surface area contributed by atoms with Crippen LogP contribution >= 0.6 is 0 Å². The molecular weight excluding hydrogens is 264 g/mol. The highest BCUT2D eigenvalue weighted by molar-refractivity contribution is 5.28. The van der Waals surface area contributed by atoms with Gasteiger partial charge in [-0.15, -0.1) is 0 Å². The molecule has 2 aliphatic rings. The first kappa shape index (κ1) is 16.1. The highest BCUT2D eigenvalue weighted by Crippen LogP contribution is 2.44. The van der Waals surface area contributed by atoms with E-state index in [9.17, 15) is 0 Å². The summed E-state index contributed by atoms with van der Waals surface area (Å²) in [7, 11) is 0. The first-order chi connectivity index (χ1) is 10.3. The van der Waals surface area contributed by atoms with Crippen LogP contribution in [0, 0.1) is 10.8 Å². The summed E-state index contributed by atoms with van der Waals surface area (Å²) in [4.78, 5) is 0. The van der Waals surface area contributed by atoms with Gasteiger partial charge in [-0.05, 0) is 85.2 Å². The second-order valence-corrected chi connectivity index (χ2v) is 9.54. The molecule has 122 valence electrons. The molecule has 0 N–H and O–H groups in total. The summed E-state index contributed by atoms with van der Waals surface area (Å²) in [6, 6.07) is 9.77. The van der Waals surface area contributed by atoms with E-state index in [-0.39, 0.29) is 0 Å². The molecule has 0 unspecified atom stereocenters. The van der Waals surface area contributed by atoms with Gasteiger partial charge in [0.1, 0.15) is 0 Å². The molecule has 0 atom stereocenters. The maximum absolute atomic E-state index is 2.44. The van der Waals surface area contributed by atoms with Gasteiger partial charge >= 0.3 is 0 Å². The Bertz CT molecular complexity index is 424. The Morgan fingerprint density at radius 1 is 0.591 bits per heavy atom. The van der Waals surface area contributed by atoms with Gasteiger partial charge in [-0.2, -0.15) is 0 Å². The van der Waals surface area contributed by atoms with Crippen LogP contribution in [0.2, 0.25) is 0 Å². The van der Waals surface area contributed by atoms with Crippen molar-refractivity contribution in [3.63, 3.8) is 0 Å². The molecule has 0 radical (unpaired) electrons. The van der Waals surface area contributed by atoms with Gasteiger partial charge in [0.05, 0.1) is 0 Å². The first-order valence-corrected chi connectivity index (χ1v) is 9.45. The Morgan fingerprint density at radius 3 is 1.14 bits per heavy atom. The van der Waals surface area contributed by atoms with Crippen molar-refractivity contribution < 1.29 is 0 Å². The van der Waals surface area contributed by atoms with Crippen molar-refractivity contribution in [3.05, 3.63) is 35.4 Å². The van der Waals surface area contributed by atoms with E-state index >= 15 is 0 Å². The molecule has 3 rings (SSSR count). The Morgan fingerprint density at radius 2 is 0.864 bits per heavy atom. The summed E-state index contributed by atoms with van der Waals surface area (Å²) >= 11 is 0. The van der Waals surface area contributed by atoms with Crippen molar-refractivity contribution in [2.45, 2.75) is 90.9 Å². The SMILES string of the molecule is CC1(C)CCC(c2ccc(C3CCC(C)(C)CC3)cc2)CC1. The van der Waals surface area contributed by atoms with E-state index < -0.39 is 0 Å². The van der Waals surface area contributed by atoms with Gasteiger partial charge in [0.25, 0.3) is 0 Å². The molecule has 0 heteroatoms. The Hall–Kier alpha value is -0.780. The van der Waals surface area contributed by atoms with E-state index in [4.69, 9.17) is 0 Å². The molecule has 0 amide bonds. The molecule has 2 saturated carbocycles. The Balaban J connectivity index is 1.61. The van der Waals surface area contributed by atoms with Gasteiger partial charge in [0.2, 0.25) is 0 Å². The quantitative estimate of drug-likeness (QED) is 0.548. The maximum Gasteiger partial charge on any atom is -0.0162 e. The monoisotopic (exact) mass is 298 g/mol. The lowest BCUT2D eigenvalue weighted by atomic mass is 9.70. The number of hydrogen-bond acceptors (Lipinski definition) is 0. The summed E-state index contributed by atoms with van der Waals surface area (Å²) < 4.78 is 0. The number of rotatable bonds is 2. The number of hydrogen-bond donors (Lipinski definition) is 0. The zero-order valence-corrected chi connectivity index (χ0v) is 15.1. The second-order valence-electron chi connectivity index (χ2n) is 9.54. The van der Waals surface area contributed by atoms with Gasteiger partial charge in [-0.1, -0.05) is 52.0 Å². The van der Waals surface area contributed by atoms with Gasteiger partial charge in [0.15, 0.2) is 0 Å². The van der Waals surface area contributed by atoms with Crippen LogP contribution < -0.4 is 0 Å². The van der Waals surface area contributed by atoms with E-state index in [0.717, 1.165) is 11.8 Å². The highest BCUT2D eigenvalue weighted by Gasteiger charge is 2.29. The average molecular weight is 299 g/mol. The molecule has 0 spiro atoms. The van der Waals surface area contributed by atoms with Crippen molar-refractivity contribution >= 4 is 0 Å². The minimum atomic E-state index is 0.575. The lowest BCUT2D eigenvalue weighted by Crippen LogP contribution is -2.21. The van der Waals surface area contributed by atoms with Crippen molar-refractivity contribution in [3.8, 4) is 0 Å². The number of benzene rings is 1. The van der Waals surface area contributed by atoms with Gasteiger partial charge in [-0.25, -0.2) is 0 Å². The topological polar surface area (TPSA) is 0 Å². The van der Waals surface area contributed by atoms with E-state index in [1.165, 1.54) is 51.4 Å². The van der Waals surface area contributed by atoms with Crippen molar-refractivity contribution in [1.82, 2.24) is 0 Å². The van der Waals surface area contributed by atoms with E-state index in [0.29, 0.717) is 10.8 Å². The molecule has 2 aliphatic carbocycles. The second kappa shape index (κ2) is 6.02. The Labute approximate surface area is 137 Å². The van der Waals surface area contributed by atoms with E-state index in [1.54, 1.807) is 11.1 Å². The molecule has 1 aromatic rings. The molecule has 22 heavy (non-hydrogen) atoms. The third-order valence-electron chi connectivity index (χ3n) is 6.56. The third kappa shape index (κ3) is 3.76. The van der Waals surface area contributed by atoms with Crippen LogP contribution in [0.1, 0.15) is 102 Å². The highest BCUT2D eigenvalue weighted by atomic mass is 14.3. The lowest BCUT2D eigenvalue weighted by Gasteiger charge is -2.35. The van der Waals surface area contributed by atoms with Gasteiger partial charge in [-0.3, -0.25) is 0 Å². The third-order valence-corrected chi connectivity index (χ3v) is 6.56. The van der Waals surface area contributed by atoms with E-state index in [2.05, 4.69) is 52.0 Å². The molecule has 1 aromatic carbocycles. The van der Waals surface area contributed by atoms with Crippen LogP contribution in [0.15, 0.2) is 24.3 Å². The summed E-state index contributed by atoms with van der Waals surface area (Å²) in [6.07, 6.45) is 11.1. The summed E-state index contributed by atoms with van der Waals surface area (Å²) in [5.74, 6) is 1.62. The van der Waals surface area contributed by atoms with Crippen molar-refractivity contribution in [1.29, 1.82) is 0 Å². The van der Waals surface area contributed by atoms with Crippen molar-refractivity contribution in [2.24, 2.45) is 10.8 Å².